The first-order valence-electron chi connectivity index (χ1n) is 5.78. The minimum absolute atomic E-state index is 0. The summed E-state index contributed by atoms with van der Waals surface area (Å²) in [7, 11) is -9.43. The van der Waals surface area contributed by atoms with Gasteiger partial charge in [0.25, 0.3) is 0 Å². The Kier molecular flexibility index (Phi) is 18.4. The van der Waals surface area contributed by atoms with Gasteiger partial charge in [0.2, 0.25) is 0 Å². The van der Waals surface area contributed by atoms with Crippen molar-refractivity contribution in [1.29, 1.82) is 0 Å². The Labute approximate surface area is 180 Å². The number of rotatable bonds is 2. The standard InChI is InChI=1S/2C6H6O5S.Mg.4H2O/c2*7-4-1-2-5(8)6(3-4)12(9,10)11;;;;;/h2*1-3,7-8H,(H,9,10,11);;4*1H2/q;;+2;;;;/p-2. The average Bonchev–Trinajstić information content (AvgIpc) is 2.42. The van der Waals surface area contributed by atoms with Crippen LogP contribution in [0, 0.1) is 0 Å². The maximum atomic E-state index is 10.4. The van der Waals surface area contributed by atoms with Crippen LogP contribution < -0.4 is 0 Å². The van der Waals surface area contributed by atoms with Crippen LogP contribution in [0.3, 0.4) is 0 Å². The van der Waals surface area contributed by atoms with Crippen LogP contribution in [0.25, 0.3) is 0 Å². The molecule has 0 aliphatic heterocycles. The van der Waals surface area contributed by atoms with E-state index in [1.54, 1.807) is 0 Å². The van der Waals surface area contributed by atoms with E-state index in [1.165, 1.54) is 0 Å². The van der Waals surface area contributed by atoms with Gasteiger partial charge in [-0.1, -0.05) is 0 Å². The molecule has 164 valence electrons. The first-order valence-corrected chi connectivity index (χ1v) is 8.60. The molecule has 29 heavy (non-hydrogen) atoms. The molecule has 0 amide bonds. The van der Waals surface area contributed by atoms with Gasteiger partial charge in [0, 0.05) is 12.1 Å². The number of hydrogen-bond acceptors (Lipinski definition) is 10. The molecule has 0 saturated carbocycles. The van der Waals surface area contributed by atoms with Crippen LogP contribution in [0.1, 0.15) is 0 Å². The molecule has 12 N–H and O–H groups in total. The molecule has 0 radical (unpaired) electrons. The van der Waals surface area contributed by atoms with Gasteiger partial charge in [-0.3, -0.25) is 0 Å². The first kappa shape index (κ1) is 37.8. The third kappa shape index (κ3) is 11.6. The fraction of sp³-hybridized carbons (Fsp3) is 0. The summed E-state index contributed by atoms with van der Waals surface area (Å²) in [6, 6.07) is 5.39. The van der Waals surface area contributed by atoms with Crippen LogP contribution >= 0.6 is 0 Å². The predicted octanol–water partition coefficient (Wildman–Crippen LogP) is -3.68. The summed E-state index contributed by atoms with van der Waals surface area (Å²) in [6.45, 7) is 0. The van der Waals surface area contributed by atoms with Crippen molar-refractivity contribution < 1.29 is 68.3 Å². The van der Waals surface area contributed by atoms with Gasteiger partial charge in [-0.25, -0.2) is 16.8 Å². The zero-order chi connectivity index (χ0) is 18.7. The topological polar surface area (TPSA) is 321 Å². The number of hydrogen-bond donors (Lipinski definition) is 4. The average molecular weight is 475 g/mol. The van der Waals surface area contributed by atoms with E-state index in [2.05, 4.69) is 0 Å². The van der Waals surface area contributed by atoms with E-state index in [0.717, 1.165) is 24.3 Å². The van der Waals surface area contributed by atoms with Crippen molar-refractivity contribution in [2.45, 2.75) is 9.79 Å². The molecule has 0 atom stereocenters. The van der Waals surface area contributed by atoms with Crippen molar-refractivity contribution in [3.63, 3.8) is 0 Å². The first-order chi connectivity index (χ1) is 10.8. The number of aromatic hydroxyl groups is 4. The summed E-state index contributed by atoms with van der Waals surface area (Å²) in [4.78, 5) is -1.63. The Hall–Kier alpha value is -1.93. The van der Waals surface area contributed by atoms with Crippen LogP contribution in [-0.4, -0.2) is 91.3 Å². The van der Waals surface area contributed by atoms with Gasteiger partial charge >= 0.3 is 23.1 Å². The molecule has 2 rings (SSSR count). The number of phenols is 4. The molecule has 2 aromatic carbocycles. The maximum Gasteiger partial charge on any atom is 2.00 e. The Morgan fingerprint density at radius 3 is 1.00 bits per heavy atom. The molecule has 0 heterocycles. The molecular weight excluding hydrogens is 457 g/mol. The Bertz CT molecular complexity index is 879. The van der Waals surface area contributed by atoms with Crippen molar-refractivity contribution >= 4 is 43.3 Å². The van der Waals surface area contributed by atoms with E-state index in [4.69, 9.17) is 20.4 Å². The molecule has 2 aromatic rings. The molecule has 0 aromatic heterocycles. The van der Waals surface area contributed by atoms with Gasteiger partial charge in [0.05, 0.1) is 9.79 Å². The fourth-order valence-electron chi connectivity index (χ4n) is 1.41. The van der Waals surface area contributed by atoms with Gasteiger partial charge in [-0.2, -0.15) is 0 Å². The van der Waals surface area contributed by atoms with E-state index >= 15 is 0 Å². The van der Waals surface area contributed by atoms with Gasteiger partial charge in [-0.05, 0) is 24.3 Å². The van der Waals surface area contributed by atoms with E-state index in [1.807, 2.05) is 0 Å². The van der Waals surface area contributed by atoms with Gasteiger partial charge in [0.15, 0.2) is 0 Å². The summed E-state index contributed by atoms with van der Waals surface area (Å²) in [5, 5.41) is 35.3. The summed E-state index contributed by atoms with van der Waals surface area (Å²) < 4.78 is 62.3. The van der Waals surface area contributed by atoms with Crippen LogP contribution in [0.4, 0.5) is 0 Å². The molecule has 17 heteroatoms. The third-order valence-corrected chi connectivity index (χ3v) is 4.16. The van der Waals surface area contributed by atoms with Crippen molar-refractivity contribution in [2.24, 2.45) is 0 Å². The quantitative estimate of drug-likeness (QED) is 0.187. The second-order valence-electron chi connectivity index (χ2n) is 4.21. The Morgan fingerprint density at radius 2 is 0.828 bits per heavy atom. The zero-order valence-corrected chi connectivity index (χ0v) is 17.3. The van der Waals surface area contributed by atoms with Crippen molar-refractivity contribution in [3.05, 3.63) is 36.4 Å². The maximum absolute atomic E-state index is 10.4. The monoisotopic (exact) mass is 474 g/mol. The summed E-state index contributed by atoms with van der Waals surface area (Å²) in [6.07, 6.45) is 0. The van der Waals surface area contributed by atoms with E-state index in [0.29, 0.717) is 12.1 Å². The van der Waals surface area contributed by atoms with Crippen molar-refractivity contribution in [1.82, 2.24) is 0 Å². The van der Waals surface area contributed by atoms with E-state index in [-0.39, 0.29) is 56.5 Å². The molecular formula is C12H18MgO14S2. The van der Waals surface area contributed by atoms with E-state index < -0.39 is 41.5 Å². The SMILES string of the molecule is O.O.O.O.O=S(=O)([O-])c1cc(O)ccc1O.O=S(=O)([O-])c1cc(O)ccc1O.[Mg+2]. The molecule has 0 fully saturated rings. The molecule has 0 bridgehead atoms. The predicted molar refractivity (Wildman–Crippen MR) is 95.7 cm³/mol. The molecule has 0 aliphatic rings. The van der Waals surface area contributed by atoms with Gasteiger partial charge in [0.1, 0.15) is 43.2 Å². The molecule has 0 aliphatic carbocycles. The second kappa shape index (κ2) is 14.1. The molecule has 14 nitrogen and oxygen atoms in total. The van der Waals surface area contributed by atoms with Crippen LogP contribution in [-0.2, 0) is 20.2 Å². The minimum Gasteiger partial charge on any atom is -0.744 e. The van der Waals surface area contributed by atoms with Crippen molar-refractivity contribution in [2.75, 3.05) is 0 Å². The third-order valence-electron chi connectivity index (χ3n) is 2.43. The second-order valence-corrected chi connectivity index (χ2v) is 6.91. The summed E-state index contributed by atoms with van der Waals surface area (Å²) in [5.74, 6) is -2.10. The Morgan fingerprint density at radius 1 is 0.586 bits per heavy atom. The number of benzene rings is 2. The van der Waals surface area contributed by atoms with Crippen molar-refractivity contribution in [3.8, 4) is 23.0 Å². The minimum atomic E-state index is -4.72. The van der Waals surface area contributed by atoms with Gasteiger partial charge < -0.3 is 51.4 Å². The smallest absolute Gasteiger partial charge is 0.744 e. The molecule has 0 saturated heterocycles. The summed E-state index contributed by atoms with van der Waals surface area (Å²) in [5.41, 5.74) is 0. The summed E-state index contributed by atoms with van der Waals surface area (Å²) >= 11 is 0. The largest absolute Gasteiger partial charge is 2.00 e. The van der Waals surface area contributed by atoms with E-state index in [9.17, 15) is 25.9 Å². The zero-order valence-electron chi connectivity index (χ0n) is 14.2. The normalized spacial score (nSPS) is 9.45. The molecule has 0 spiro atoms. The Balaban J connectivity index is -0.000000113. The van der Waals surface area contributed by atoms with Crippen LogP contribution in [0.2, 0.25) is 0 Å². The van der Waals surface area contributed by atoms with Crippen LogP contribution in [0.5, 0.6) is 23.0 Å². The van der Waals surface area contributed by atoms with Crippen LogP contribution in [0.15, 0.2) is 46.2 Å². The molecule has 0 unspecified atom stereocenters. The van der Waals surface area contributed by atoms with Gasteiger partial charge in [-0.15, -0.1) is 0 Å². The number of phenolic OH excluding ortho intramolecular Hbond substituents is 4. The fourth-order valence-corrected chi connectivity index (χ4v) is 2.58.